The molecule has 2 aromatic carbocycles. The highest BCUT2D eigenvalue weighted by Crippen LogP contribution is 2.16. The molecule has 0 saturated carbocycles. The Hall–Kier alpha value is -2.40. The number of benzene rings is 2. The summed E-state index contributed by atoms with van der Waals surface area (Å²) in [6, 6.07) is 13.1. The van der Waals surface area contributed by atoms with E-state index < -0.39 is 11.9 Å². The van der Waals surface area contributed by atoms with E-state index in [9.17, 15) is 14.3 Å². The summed E-state index contributed by atoms with van der Waals surface area (Å²) in [7, 11) is 3.78. The summed E-state index contributed by atoms with van der Waals surface area (Å²) in [4.78, 5) is 14.0. The molecule has 1 amide bonds. The minimum Gasteiger partial charge on any atom is -0.386 e. The second kappa shape index (κ2) is 7.04. The molecule has 0 aromatic heterocycles. The van der Waals surface area contributed by atoms with Gasteiger partial charge in [0, 0.05) is 37.5 Å². The van der Waals surface area contributed by atoms with Crippen molar-refractivity contribution in [3.05, 3.63) is 65.5 Å². The van der Waals surface area contributed by atoms with Crippen molar-refractivity contribution < 1.29 is 14.3 Å². The number of nitrogens with zero attached hydrogens (tertiary/aromatic N) is 1. The van der Waals surface area contributed by atoms with Crippen LogP contribution in [0.1, 0.15) is 22.0 Å². The molecular weight excluding hydrogens is 283 g/mol. The van der Waals surface area contributed by atoms with E-state index in [2.05, 4.69) is 5.32 Å². The quantitative estimate of drug-likeness (QED) is 0.891. The first-order chi connectivity index (χ1) is 10.5. The van der Waals surface area contributed by atoms with Gasteiger partial charge in [0.25, 0.3) is 5.91 Å². The fourth-order valence-electron chi connectivity index (χ4n) is 2.07. The highest BCUT2D eigenvalue weighted by atomic mass is 19.1. The largest absolute Gasteiger partial charge is 0.386 e. The Morgan fingerprint density at radius 3 is 2.64 bits per heavy atom. The average Bonchev–Trinajstić information content (AvgIpc) is 2.52. The zero-order valence-corrected chi connectivity index (χ0v) is 12.6. The van der Waals surface area contributed by atoms with Gasteiger partial charge in [-0.3, -0.25) is 4.79 Å². The van der Waals surface area contributed by atoms with Crippen molar-refractivity contribution in [2.24, 2.45) is 0 Å². The fraction of sp³-hybridized carbons (Fsp3) is 0.235. The Bertz CT molecular complexity index is 659. The van der Waals surface area contributed by atoms with E-state index in [0.717, 1.165) is 5.69 Å². The lowest BCUT2D eigenvalue weighted by Gasteiger charge is -2.15. The van der Waals surface area contributed by atoms with Gasteiger partial charge < -0.3 is 15.3 Å². The summed E-state index contributed by atoms with van der Waals surface area (Å²) < 4.78 is 13.6. The molecule has 1 atom stereocenters. The van der Waals surface area contributed by atoms with Crippen molar-refractivity contribution in [2.75, 3.05) is 25.5 Å². The molecule has 116 valence electrons. The summed E-state index contributed by atoms with van der Waals surface area (Å²) in [6.07, 6.45) is -1.08. The minimum absolute atomic E-state index is 0.0496. The molecular formula is C17H19FN2O2. The average molecular weight is 302 g/mol. The number of hydrogen-bond acceptors (Lipinski definition) is 3. The molecule has 4 nitrogen and oxygen atoms in total. The van der Waals surface area contributed by atoms with Gasteiger partial charge in [0.1, 0.15) is 5.82 Å². The van der Waals surface area contributed by atoms with Crippen LogP contribution in [0.5, 0.6) is 0 Å². The SMILES string of the molecule is CN(C)c1cccc(C(=O)NCC(O)c2ccccc2F)c1. The Labute approximate surface area is 129 Å². The topological polar surface area (TPSA) is 52.6 Å². The number of nitrogens with one attached hydrogen (secondary N) is 1. The van der Waals surface area contributed by atoms with Gasteiger partial charge in [-0.15, -0.1) is 0 Å². The molecule has 0 radical (unpaired) electrons. The van der Waals surface area contributed by atoms with Gasteiger partial charge in [0.2, 0.25) is 0 Å². The number of carbonyl (C=O) groups excluding carboxylic acids is 1. The Balaban J connectivity index is 2.01. The van der Waals surface area contributed by atoms with E-state index in [4.69, 9.17) is 0 Å². The van der Waals surface area contributed by atoms with E-state index in [1.54, 1.807) is 30.3 Å². The molecule has 2 N–H and O–H groups in total. The van der Waals surface area contributed by atoms with Crippen LogP contribution in [0.25, 0.3) is 0 Å². The molecule has 1 unspecified atom stereocenters. The zero-order valence-electron chi connectivity index (χ0n) is 12.6. The number of amides is 1. The molecule has 5 heteroatoms. The van der Waals surface area contributed by atoms with Crippen LogP contribution >= 0.6 is 0 Å². The maximum Gasteiger partial charge on any atom is 0.251 e. The molecule has 0 heterocycles. The molecule has 0 fully saturated rings. The molecule has 2 rings (SSSR count). The lowest BCUT2D eigenvalue weighted by atomic mass is 10.1. The van der Waals surface area contributed by atoms with Gasteiger partial charge in [0.05, 0.1) is 6.10 Å². The lowest BCUT2D eigenvalue weighted by Crippen LogP contribution is -2.28. The maximum absolute atomic E-state index is 13.6. The first kappa shape index (κ1) is 16.0. The van der Waals surface area contributed by atoms with Crippen molar-refractivity contribution in [3.63, 3.8) is 0 Å². The second-order valence-electron chi connectivity index (χ2n) is 5.19. The first-order valence-corrected chi connectivity index (χ1v) is 6.97. The third-order valence-corrected chi connectivity index (χ3v) is 3.34. The van der Waals surface area contributed by atoms with Crippen LogP contribution in [0.2, 0.25) is 0 Å². The van der Waals surface area contributed by atoms with Crippen LogP contribution in [0.4, 0.5) is 10.1 Å². The van der Waals surface area contributed by atoms with Gasteiger partial charge in [-0.25, -0.2) is 4.39 Å². The highest BCUT2D eigenvalue weighted by Gasteiger charge is 2.14. The number of aliphatic hydroxyl groups excluding tert-OH is 1. The van der Waals surface area contributed by atoms with E-state index in [1.807, 2.05) is 25.1 Å². The number of anilines is 1. The number of aliphatic hydroxyl groups is 1. The monoisotopic (exact) mass is 302 g/mol. The summed E-state index contributed by atoms with van der Waals surface area (Å²) in [6.45, 7) is -0.0496. The zero-order chi connectivity index (χ0) is 16.1. The van der Waals surface area contributed by atoms with E-state index in [1.165, 1.54) is 12.1 Å². The normalized spacial score (nSPS) is 11.8. The number of halogens is 1. The second-order valence-corrected chi connectivity index (χ2v) is 5.19. The molecule has 0 spiro atoms. The van der Waals surface area contributed by atoms with Crippen LogP contribution in [0, 0.1) is 5.82 Å². The summed E-state index contributed by atoms with van der Waals surface area (Å²) in [5.74, 6) is -0.794. The Morgan fingerprint density at radius 1 is 1.23 bits per heavy atom. The van der Waals surface area contributed by atoms with Crippen molar-refractivity contribution in [3.8, 4) is 0 Å². The van der Waals surface area contributed by atoms with E-state index >= 15 is 0 Å². The Kier molecular flexibility index (Phi) is 5.12. The molecule has 0 aliphatic carbocycles. The summed E-state index contributed by atoms with van der Waals surface area (Å²) in [5, 5.41) is 12.6. The van der Waals surface area contributed by atoms with Gasteiger partial charge in [-0.2, -0.15) is 0 Å². The smallest absolute Gasteiger partial charge is 0.251 e. The lowest BCUT2D eigenvalue weighted by molar-refractivity contribution is 0.0914. The fourth-order valence-corrected chi connectivity index (χ4v) is 2.07. The standard InChI is InChI=1S/C17H19FN2O2/c1-20(2)13-7-5-6-12(10-13)17(22)19-11-16(21)14-8-3-4-9-15(14)18/h3-10,16,21H,11H2,1-2H3,(H,19,22). The van der Waals surface area contributed by atoms with Gasteiger partial charge in [-0.05, 0) is 24.3 Å². The van der Waals surface area contributed by atoms with Crippen molar-refractivity contribution >= 4 is 11.6 Å². The maximum atomic E-state index is 13.6. The summed E-state index contributed by atoms with van der Waals surface area (Å²) in [5.41, 5.74) is 1.57. The van der Waals surface area contributed by atoms with Crippen LogP contribution in [-0.4, -0.2) is 31.7 Å². The van der Waals surface area contributed by atoms with Crippen LogP contribution in [-0.2, 0) is 0 Å². The van der Waals surface area contributed by atoms with Gasteiger partial charge in [-0.1, -0.05) is 24.3 Å². The molecule has 0 aliphatic rings. The summed E-state index contributed by atoms with van der Waals surface area (Å²) >= 11 is 0. The van der Waals surface area contributed by atoms with Crippen LogP contribution < -0.4 is 10.2 Å². The number of carbonyl (C=O) groups is 1. The van der Waals surface area contributed by atoms with E-state index in [-0.39, 0.29) is 18.0 Å². The third kappa shape index (κ3) is 3.83. The molecule has 0 aliphatic heterocycles. The van der Waals surface area contributed by atoms with Crippen LogP contribution in [0.3, 0.4) is 0 Å². The number of hydrogen-bond donors (Lipinski definition) is 2. The van der Waals surface area contributed by atoms with Crippen LogP contribution in [0.15, 0.2) is 48.5 Å². The van der Waals surface area contributed by atoms with Gasteiger partial charge >= 0.3 is 0 Å². The predicted molar refractivity (Wildman–Crippen MR) is 84.5 cm³/mol. The predicted octanol–water partition coefficient (Wildman–Crippen LogP) is 2.36. The number of rotatable bonds is 5. The molecule has 22 heavy (non-hydrogen) atoms. The first-order valence-electron chi connectivity index (χ1n) is 6.97. The van der Waals surface area contributed by atoms with Crippen molar-refractivity contribution in [1.82, 2.24) is 5.32 Å². The Morgan fingerprint density at radius 2 is 1.95 bits per heavy atom. The van der Waals surface area contributed by atoms with Gasteiger partial charge in [0.15, 0.2) is 0 Å². The highest BCUT2D eigenvalue weighted by molar-refractivity contribution is 5.95. The third-order valence-electron chi connectivity index (χ3n) is 3.34. The van der Waals surface area contributed by atoms with E-state index in [0.29, 0.717) is 5.56 Å². The molecule has 0 saturated heterocycles. The van der Waals surface area contributed by atoms with Crippen molar-refractivity contribution in [1.29, 1.82) is 0 Å². The molecule has 2 aromatic rings. The van der Waals surface area contributed by atoms with Crippen molar-refractivity contribution in [2.45, 2.75) is 6.10 Å². The molecule has 0 bridgehead atoms. The minimum atomic E-state index is -1.08.